The number of amides is 2. The number of quaternary nitrogens is 1. The van der Waals surface area contributed by atoms with Crippen molar-refractivity contribution in [1.82, 2.24) is 4.90 Å². The molecule has 29 heavy (non-hydrogen) atoms. The van der Waals surface area contributed by atoms with Crippen molar-refractivity contribution in [2.45, 2.75) is 19.0 Å². The number of anilines is 1. The quantitative estimate of drug-likeness (QED) is 0.751. The van der Waals surface area contributed by atoms with Crippen molar-refractivity contribution in [3.8, 4) is 5.75 Å². The first-order valence-corrected chi connectivity index (χ1v) is 10.2. The lowest BCUT2D eigenvalue weighted by molar-refractivity contribution is -0.915. The number of halogens is 1. The van der Waals surface area contributed by atoms with E-state index in [9.17, 15) is 9.59 Å². The Kier molecular flexibility index (Phi) is 5.74. The Morgan fingerprint density at radius 3 is 2.31 bits per heavy atom. The van der Waals surface area contributed by atoms with Crippen molar-refractivity contribution in [2.24, 2.45) is 0 Å². The van der Waals surface area contributed by atoms with Crippen molar-refractivity contribution in [2.75, 3.05) is 38.2 Å². The van der Waals surface area contributed by atoms with Gasteiger partial charge >= 0.3 is 0 Å². The summed E-state index contributed by atoms with van der Waals surface area (Å²) in [6, 6.07) is 15.0. The third-order valence-corrected chi connectivity index (χ3v) is 6.09. The summed E-state index contributed by atoms with van der Waals surface area (Å²) in [4.78, 5) is 30.4. The van der Waals surface area contributed by atoms with Crippen molar-refractivity contribution in [3.05, 3.63) is 59.1 Å². The number of nitrogens with one attached hydrogen (secondary N) is 1. The molecule has 7 heteroatoms. The molecule has 0 radical (unpaired) electrons. The van der Waals surface area contributed by atoms with Crippen molar-refractivity contribution in [1.29, 1.82) is 0 Å². The number of carbonyl (C=O) groups is 2. The average molecular weight is 415 g/mol. The number of rotatable bonds is 5. The Labute approximate surface area is 175 Å². The molecule has 0 unspecified atom stereocenters. The van der Waals surface area contributed by atoms with E-state index in [4.69, 9.17) is 16.3 Å². The van der Waals surface area contributed by atoms with Gasteiger partial charge in [0.25, 0.3) is 5.91 Å². The molecule has 2 amide bonds. The zero-order chi connectivity index (χ0) is 20.4. The van der Waals surface area contributed by atoms with Gasteiger partial charge in [0.1, 0.15) is 5.75 Å². The number of hydrogen-bond acceptors (Lipinski definition) is 4. The molecule has 0 bridgehead atoms. The maximum atomic E-state index is 12.9. The van der Waals surface area contributed by atoms with E-state index in [1.165, 1.54) is 9.80 Å². The molecule has 2 aromatic rings. The lowest BCUT2D eigenvalue weighted by atomic mass is 10.1. The number of likely N-dealkylation sites (tertiary alicyclic amines) is 1. The molecular weight excluding hydrogens is 390 g/mol. The summed E-state index contributed by atoms with van der Waals surface area (Å²) in [6.45, 7) is 3.71. The van der Waals surface area contributed by atoms with Crippen LogP contribution in [0.1, 0.15) is 12.0 Å². The molecule has 2 aromatic carbocycles. The summed E-state index contributed by atoms with van der Waals surface area (Å²) in [5.41, 5.74) is 2.07. The van der Waals surface area contributed by atoms with E-state index in [1.54, 1.807) is 19.2 Å². The molecule has 152 valence electrons. The SMILES string of the molecule is COc1ccc(N2CC[NH+]([C@H]3CC(=O)N(Cc4ccc(Cl)cc4)C3=O)CC2)cc1. The highest BCUT2D eigenvalue weighted by molar-refractivity contribution is 6.30. The fraction of sp³-hybridized carbons (Fsp3) is 0.364. The normalized spacial score (nSPS) is 20.4. The fourth-order valence-corrected chi connectivity index (χ4v) is 4.26. The molecule has 2 aliphatic heterocycles. The number of ether oxygens (including phenoxy) is 1. The van der Waals surface area contributed by atoms with Crippen LogP contribution in [-0.4, -0.2) is 56.0 Å². The van der Waals surface area contributed by atoms with Crippen LogP contribution in [0.2, 0.25) is 5.02 Å². The minimum atomic E-state index is -0.271. The predicted octanol–water partition coefficient (Wildman–Crippen LogP) is 1.38. The topological polar surface area (TPSA) is 54.3 Å². The highest BCUT2D eigenvalue weighted by Gasteiger charge is 2.45. The van der Waals surface area contributed by atoms with Gasteiger partial charge in [0.05, 0.1) is 46.3 Å². The molecule has 1 N–H and O–H groups in total. The number of nitrogens with zero attached hydrogens (tertiary/aromatic N) is 2. The minimum Gasteiger partial charge on any atom is -0.497 e. The molecule has 0 spiro atoms. The van der Waals surface area contributed by atoms with Crippen LogP contribution in [0.5, 0.6) is 5.75 Å². The largest absolute Gasteiger partial charge is 0.497 e. The predicted molar refractivity (Wildman–Crippen MR) is 111 cm³/mol. The standard InChI is InChI=1S/C22H24ClN3O3/c1-29-19-8-6-18(7-9-19)24-10-12-25(13-11-24)20-14-21(27)26(22(20)28)15-16-2-4-17(23)5-3-16/h2-9,20H,10-15H2,1H3/p+1/t20-/m0/s1. The number of carbonyl (C=O) groups excluding carboxylic acids is 2. The molecule has 2 heterocycles. The number of piperazine rings is 1. The maximum absolute atomic E-state index is 12.9. The van der Waals surface area contributed by atoms with Gasteiger partial charge in [0.2, 0.25) is 5.91 Å². The van der Waals surface area contributed by atoms with E-state index >= 15 is 0 Å². The second kappa shape index (κ2) is 8.43. The van der Waals surface area contributed by atoms with Gasteiger partial charge in [0.15, 0.2) is 6.04 Å². The summed E-state index contributed by atoms with van der Waals surface area (Å²) in [5.74, 6) is 0.701. The highest BCUT2D eigenvalue weighted by atomic mass is 35.5. The van der Waals surface area contributed by atoms with Crippen LogP contribution in [0.15, 0.2) is 48.5 Å². The number of imide groups is 1. The summed E-state index contributed by atoms with van der Waals surface area (Å²) >= 11 is 5.92. The summed E-state index contributed by atoms with van der Waals surface area (Å²) in [5, 5.41) is 0.643. The van der Waals surface area contributed by atoms with Gasteiger partial charge in [0, 0.05) is 10.7 Å². The minimum absolute atomic E-state index is 0.0575. The summed E-state index contributed by atoms with van der Waals surface area (Å²) in [7, 11) is 1.66. The molecule has 1 atom stereocenters. The zero-order valence-corrected chi connectivity index (χ0v) is 17.2. The van der Waals surface area contributed by atoms with Gasteiger partial charge < -0.3 is 14.5 Å². The third-order valence-electron chi connectivity index (χ3n) is 5.83. The Balaban J connectivity index is 1.36. The van der Waals surface area contributed by atoms with E-state index in [0.717, 1.165) is 43.2 Å². The second-order valence-corrected chi connectivity index (χ2v) is 7.98. The van der Waals surface area contributed by atoms with Gasteiger partial charge in [-0.1, -0.05) is 23.7 Å². The molecule has 4 rings (SSSR count). The van der Waals surface area contributed by atoms with E-state index in [-0.39, 0.29) is 17.9 Å². The Morgan fingerprint density at radius 2 is 1.69 bits per heavy atom. The Hall–Kier alpha value is -2.57. The smallest absolute Gasteiger partial charge is 0.288 e. The molecule has 2 saturated heterocycles. The maximum Gasteiger partial charge on any atom is 0.288 e. The van der Waals surface area contributed by atoms with Gasteiger partial charge in [-0.15, -0.1) is 0 Å². The Morgan fingerprint density at radius 1 is 1.03 bits per heavy atom. The van der Waals surface area contributed by atoms with E-state index in [0.29, 0.717) is 18.0 Å². The Bertz CT molecular complexity index is 877. The first-order chi connectivity index (χ1) is 14.0. The number of benzene rings is 2. The molecule has 6 nitrogen and oxygen atoms in total. The first kappa shape index (κ1) is 19.7. The van der Waals surface area contributed by atoms with Crippen LogP contribution in [-0.2, 0) is 16.1 Å². The van der Waals surface area contributed by atoms with E-state index in [1.807, 2.05) is 24.3 Å². The molecule has 0 aromatic heterocycles. The van der Waals surface area contributed by atoms with Gasteiger partial charge in [-0.05, 0) is 42.0 Å². The third kappa shape index (κ3) is 4.23. The van der Waals surface area contributed by atoms with Crippen LogP contribution in [0.4, 0.5) is 5.69 Å². The van der Waals surface area contributed by atoms with Gasteiger partial charge in [-0.25, -0.2) is 0 Å². The van der Waals surface area contributed by atoms with Crippen LogP contribution in [0.25, 0.3) is 0 Å². The van der Waals surface area contributed by atoms with E-state index in [2.05, 4.69) is 17.0 Å². The van der Waals surface area contributed by atoms with Crippen molar-refractivity contribution < 1.29 is 19.2 Å². The van der Waals surface area contributed by atoms with Crippen LogP contribution < -0.4 is 14.5 Å². The molecular formula is C22H25ClN3O3+. The first-order valence-electron chi connectivity index (χ1n) is 9.87. The lowest BCUT2D eigenvalue weighted by Gasteiger charge is -2.35. The molecule has 0 aliphatic carbocycles. The van der Waals surface area contributed by atoms with E-state index < -0.39 is 0 Å². The van der Waals surface area contributed by atoms with Crippen LogP contribution >= 0.6 is 11.6 Å². The number of hydrogen-bond donors (Lipinski definition) is 1. The fourth-order valence-electron chi connectivity index (χ4n) is 4.13. The average Bonchev–Trinajstić information content (AvgIpc) is 3.04. The van der Waals surface area contributed by atoms with Gasteiger partial charge in [-0.2, -0.15) is 0 Å². The van der Waals surface area contributed by atoms with Crippen molar-refractivity contribution >= 4 is 29.1 Å². The highest BCUT2D eigenvalue weighted by Crippen LogP contribution is 2.20. The molecule has 2 aliphatic rings. The molecule has 0 saturated carbocycles. The second-order valence-electron chi connectivity index (χ2n) is 7.54. The van der Waals surface area contributed by atoms with Crippen LogP contribution in [0.3, 0.4) is 0 Å². The van der Waals surface area contributed by atoms with Gasteiger partial charge in [-0.3, -0.25) is 14.5 Å². The van der Waals surface area contributed by atoms with Crippen molar-refractivity contribution in [3.63, 3.8) is 0 Å². The monoisotopic (exact) mass is 414 g/mol. The summed E-state index contributed by atoms with van der Waals surface area (Å²) < 4.78 is 5.22. The summed E-state index contributed by atoms with van der Waals surface area (Å²) in [6.07, 6.45) is 0.296. The van der Waals surface area contributed by atoms with Crippen LogP contribution in [0, 0.1) is 0 Å². The molecule has 2 fully saturated rings. The number of methoxy groups -OCH3 is 1. The lowest BCUT2D eigenvalue weighted by Crippen LogP contribution is -3.19. The zero-order valence-electron chi connectivity index (χ0n) is 16.4.